The summed E-state index contributed by atoms with van der Waals surface area (Å²) in [6.45, 7) is 2.36. The second kappa shape index (κ2) is 8.82. The van der Waals surface area contributed by atoms with Crippen LogP contribution in [0.2, 0.25) is 0 Å². The molecule has 11 heteroatoms. The van der Waals surface area contributed by atoms with Crippen LogP contribution in [0, 0.1) is 0 Å². The van der Waals surface area contributed by atoms with Crippen molar-refractivity contribution in [2.45, 2.75) is 24.5 Å². The van der Waals surface area contributed by atoms with Gasteiger partial charge in [0, 0.05) is 12.7 Å². The first-order chi connectivity index (χ1) is 9.34. The maximum Gasteiger partial charge on any atom is 0.436 e. The predicted octanol–water partition coefficient (Wildman–Crippen LogP) is 1.71. The Hall–Kier alpha value is -1.36. The van der Waals surface area contributed by atoms with E-state index in [2.05, 4.69) is 28.7 Å². The van der Waals surface area contributed by atoms with Crippen molar-refractivity contribution in [1.29, 1.82) is 0 Å². The number of aliphatic hydroxyl groups excluding tert-OH is 1. The molecular formula is C10H13F5O5S. The number of hydrogen-bond acceptors (Lipinski definition) is 6. The highest BCUT2D eigenvalue weighted by atomic mass is 32.1. The van der Waals surface area contributed by atoms with Gasteiger partial charge in [-0.15, -0.1) is 12.6 Å². The molecule has 0 heterocycles. The zero-order chi connectivity index (χ0) is 17.4. The molecule has 0 fully saturated rings. The summed E-state index contributed by atoms with van der Waals surface area (Å²) in [6, 6.07) is 0. The summed E-state index contributed by atoms with van der Waals surface area (Å²) in [5.74, 6) is -3.67. The van der Waals surface area contributed by atoms with Crippen LogP contribution in [0.25, 0.3) is 0 Å². The van der Waals surface area contributed by atoms with Crippen LogP contribution in [-0.4, -0.2) is 48.3 Å². The number of rotatable bonds is 5. The van der Waals surface area contributed by atoms with Gasteiger partial charge in [-0.2, -0.15) is 22.0 Å². The predicted molar refractivity (Wildman–Crippen MR) is 63.8 cm³/mol. The first-order valence-corrected chi connectivity index (χ1v) is 5.44. The van der Waals surface area contributed by atoms with Crippen LogP contribution in [0.15, 0.2) is 12.2 Å². The van der Waals surface area contributed by atoms with Crippen LogP contribution >= 0.6 is 12.6 Å². The first-order valence-electron chi connectivity index (χ1n) is 4.99. The molecule has 0 spiro atoms. The second-order valence-electron chi connectivity index (χ2n) is 3.38. The summed E-state index contributed by atoms with van der Waals surface area (Å²) >= 11 is 2.66. The lowest BCUT2D eigenvalue weighted by molar-refractivity contribution is -0.229. The number of thiol groups is 1. The number of hydrogen-bond donors (Lipinski definition) is 2. The number of ether oxygens (including phenoxy) is 2. The van der Waals surface area contributed by atoms with Gasteiger partial charge in [-0.05, 0) is 6.92 Å². The van der Waals surface area contributed by atoms with Gasteiger partial charge in [-0.1, -0.05) is 6.58 Å². The first kappa shape index (κ1) is 21.9. The molecule has 0 saturated carbocycles. The molecule has 0 amide bonds. The molecule has 124 valence electrons. The third-order valence-electron chi connectivity index (χ3n) is 1.47. The molecule has 5 nitrogen and oxygen atoms in total. The molecule has 0 radical (unpaired) electrons. The largest absolute Gasteiger partial charge is 0.455 e. The molecule has 21 heavy (non-hydrogen) atoms. The van der Waals surface area contributed by atoms with Gasteiger partial charge in [-0.3, -0.25) is 0 Å². The Kier molecular flexibility index (Phi) is 9.21. The minimum atomic E-state index is -5.30. The van der Waals surface area contributed by atoms with Crippen LogP contribution in [0.5, 0.6) is 0 Å². The van der Waals surface area contributed by atoms with E-state index < -0.39 is 41.7 Å². The number of esters is 2. The van der Waals surface area contributed by atoms with Crippen LogP contribution in [0.3, 0.4) is 0 Å². The van der Waals surface area contributed by atoms with E-state index >= 15 is 0 Å². The van der Waals surface area contributed by atoms with E-state index in [0.717, 1.165) is 14.0 Å². The van der Waals surface area contributed by atoms with Crippen molar-refractivity contribution in [3.05, 3.63) is 12.2 Å². The fourth-order valence-electron chi connectivity index (χ4n) is 0.690. The fourth-order valence-corrected chi connectivity index (χ4v) is 0.754. The van der Waals surface area contributed by atoms with Crippen molar-refractivity contribution in [1.82, 2.24) is 0 Å². The number of halogens is 5. The molecule has 0 rings (SSSR count). The Labute approximate surface area is 122 Å². The van der Waals surface area contributed by atoms with Crippen molar-refractivity contribution >= 4 is 24.6 Å². The van der Waals surface area contributed by atoms with Crippen LogP contribution in [0.1, 0.15) is 6.92 Å². The van der Waals surface area contributed by atoms with Crippen molar-refractivity contribution in [2.75, 3.05) is 13.7 Å². The monoisotopic (exact) mass is 340 g/mol. The molecule has 1 atom stereocenters. The maximum atomic E-state index is 12.4. The van der Waals surface area contributed by atoms with Gasteiger partial charge in [0.2, 0.25) is 0 Å². The molecule has 0 aliphatic heterocycles. The van der Waals surface area contributed by atoms with Gasteiger partial charge in [0.05, 0.1) is 0 Å². The minimum Gasteiger partial charge on any atom is -0.455 e. The lowest BCUT2D eigenvalue weighted by Gasteiger charge is -2.20. The summed E-state index contributed by atoms with van der Waals surface area (Å²) in [7, 11) is 1.00. The average molecular weight is 340 g/mol. The highest BCUT2D eigenvalue weighted by Crippen LogP contribution is 2.26. The van der Waals surface area contributed by atoms with E-state index in [-0.39, 0.29) is 0 Å². The Bertz CT molecular complexity index is 377. The summed E-state index contributed by atoms with van der Waals surface area (Å²) in [5.41, 5.74) is -0.401. The highest BCUT2D eigenvalue weighted by molar-refractivity contribution is 7.81. The number of carbonyl (C=O) groups is 2. The fraction of sp³-hybridized carbons (Fsp3) is 0.600. The number of aliphatic hydroxyl groups is 1. The van der Waals surface area contributed by atoms with E-state index in [0.29, 0.717) is 0 Å². The SMILES string of the molecule is C=C(C)C(=O)OC(C(=O)OCC(F)(F)S)C(F)(F)F.CO. The third kappa shape index (κ3) is 10.1. The van der Waals surface area contributed by atoms with Crippen molar-refractivity contribution in [3.63, 3.8) is 0 Å². The van der Waals surface area contributed by atoms with E-state index in [9.17, 15) is 31.5 Å². The van der Waals surface area contributed by atoms with Gasteiger partial charge >= 0.3 is 23.4 Å². The molecule has 0 aromatic rings. The zero-order valence-corrected chi connectivity index (χ0v) is 11.8. The van der Waals surface area contributed by atoms with Gasteiger partial charge in [0.1, 0.15) is 0 Å². The van der Waals surface area contributed by atoms with Crippen LogP contribution < -0.4 is 0 Å². The van der Waals surface area contributed by atoms with Crippen LogP contribution in [0.4, 0.5) is 22.0 Å². The normalized spacial score (nSPS) is 12.6. The zero-order valence-electron chi connectivity index (χ0n) is 10.9. The molecule has 0 aromatic carbocycles. The van der Waals surface area contributed by atoms with E-state index in [1.54, 1.807) is 0 Å². The van der Waals surface area contributed by atoms with E-state index in [1.165, 1.54) is 0 Å². The molecule has 0 bridgehead atoms. The maximum absolute atomic E-state index is 12.4. The van der Waals surface area contributed by atoms with Gasteiger partial charge in [0.25, 0.3) is 6.10 Å². The smallest absolute Gasteiger partial charge is 0.436 e. The molecule has 1 N–H and O–H groups in total. The summed E-state index contributed by atoms with van der Waals surface area (Å²) in [6.07, 6.45) is -8.60. The standard InChI is InChI=1S/C9H9F5O4S.CH4O/c1-4(2)6(15)18-5(9(12,13)14)7(16)17-3-8(10,11)19;1-2/h5,19H,1,3H2,2H3;2H,1H3. The molecule has 1 unspecified atom stereocenters. The van der Waals surface area contributed by atoms with E-state index in [4.69, 9.17) is 5.11 Å². The van der Waals surface area contributed by atoms with E-state index in [1.807, 2.05) is 0 Å². The van der Waals surface area contributed by atoms with Crippen molar-refractivity contribution < 1.29 is 46.1 Å². The molecular weight excluding hydrogens is 327 g/mol. The molecule has 0 saturated heterocycles. The Morgan fingerprint density at radius 3 is 1.95 bits per heavy atom. The van der Waals surface area contributed by atoms with Gasteiger partial charge in [0.15, 0.2) is 6.61 Å². The topological polar surface area (TPSA) is 72.8 Å². The molecule has 0 aromatic heterocycles. The summed E-state index contributed by atoms with van der Waals surface area (Å²) in [4.78, 5) is 21.9. The molecule has 0 aliphatic rings. The van der Waals surface area contributed by atoms with Crippen molar-refractivity contribution in [2.24, 2.45) is 0 Å². The third-order valence-corrected chi connectivity index (χ3v) is 1.60. The average Bonchev–Trinajstić information content (AvgIpc) is 2.32. The van der Waals surface area contributed by atoms with Crippen LogP contribution in [-0.2, 0) is 19.1 Å². The highest BCUT2D eigenvalue weighted by Gasteiger charge is 2.50. The Morgan fingerprint density at radius 1 is 1.24 bits per heavy atom. The molecule has 0 aliphatic carbocycles. The lowest BCUT2D eigenvalue weighted by atomic mass is 10.3. The van der Waals surface area contributed by atoms with Crippen molar-refractivity contribution in [3.8, 4) is 0 Å². The number of alkyl halides is 5. The second-order valence-corrected chi connectivity index (χ2v) is 4.04. The van der Waals surface area contributed by atoms with Gasteiger partial charge < -0.3 is 14.6 Å². The quantitative estimate of drug-likeness (QED) is 0.345. The Morgan fingerprint density at radius 2 is 1.67 bits per heavy atom. The minimum absolute atomic E-state index is 0.401. The summed E-state index contributed by atoms with van der Waals surface area (Å²) < 4.78 is 69.1. The summed E-state index contributed by atoms with van der Waals surface area (Å²) in [5, 5.41) is 3.20. The number of carbonyl (C=O) groups excluding carboxylic acids is 2. The Balaban J connectivity index is 0. The lowest BCUT2D eigenvalue weighted by Crippen LogP contribution is -2.42. The van der Waals surface area contributed by atoms with Gasteiger partial charge in [-0.25, -0.2) is 9.59 Å².